The smallest absolute Gasteiger partial charge is 0.428 e. The van der Waals surface area contributed by atoms with Gasteiger partial charge in [0, 0.05) is 6.61 Å². The second-order valence-electron chi connectivity index (χ2n) is 8.22. The van der Waals surface area contributed by atoms with Gasteiger partial charge in [-0.25, -0.2) is 0 Å². The van der Waals surface area contributed by atoms with Crippen molar-refractivity contribution in [2.24, 2.45) is 0 Å². The first-order valence-electron chi connectivity index (χ1n) is 9.19. The molecule has 0 bridgehead atoms. The monoisotopic (exact) mass is 654 g/mol. The van der Waals surface area contributed by atoms with E-state index in [0.29, 0.717) is 0 Å². The van der Waals surface area contributed by atoms with Crippen molar-refractivity contribution in [3.63, 3.8) is 0 Å². The van der Waals surface area contributed by atoms with Crippen molar-refractivity contribution in [3.8, 4) is 0 Å². The second kappa shape index (κ2) is 10.5. The molecule has 24 heteroatoms. The zero-order chi connectivity index (χ0) is 32.9. The highest BCUT2D eigenvalue weighted by molar-refractivity contribution is 5.97. The predicted octanol–water partition coefficient (Wildman–Crippen LogP) is 6.23. The van der Waals surface area contributed by atoms with Crippen LogP contribution in [0.4, 0.5) is 92.2 Å². The molecule has 0 aromatic carbocycles. The molecule has 0 rings (SSSR count). The van der Waals surface area contributed by atoms with Crippen LogP contribution in [0.25, 0.3) is 0 Å². The van der Waals surface area contributed by atoms with E-state index in [1.54, 1.807) is 0 Å². The van der Waals surface area contributed by atoms with Gasteiger partial charge in [0.2, 0.25) is 0 Å². The predicted molar refractivity (Wildman–Crippen MR) is 90.2 cm³/mol. The van der Waals surface area contributed by atoms with Gasteiger partial charge in [0.1, 0.15) is 10.5 Å². The van der Waals surface area contributed by atoms with Crippen LogP contribution >= 0.6 is 0 Å². The molecule has 0 fully saturated rings. The van der Waals surface area contributed by atoms with Crippen molar-refractivity contribution < 1.29 is 101 Å². The Bertz CT molecular complexity index is 762. The Hall–Kier alpha value is -1.33. The van der Waals surface area contributed by atoms with E-state index >= 15 is 0 Å². The molecule has 39 heavy (non-hydrogen) atoms. The van der Waals surface area contributed by atoms with Crippen molar-refractivity contribution in [1.82, 2.24) is 0 Å². The Morgan fingerprint density at radius 2 is 0.615 bits per heavy atom. The van der Waals surface area contributed by atoms with E-state index in [4.69, 9.17) is 0 Å². The van der Waals surface area contributed by atoms with Gasteiger partial charge in [0.25, 0.3) is 0 Å². The number of halogens is 21. The van der Waals surface area contributed by atoms with E-state index in [2.05, 4.69) is 4.43 Å². The SMILES string of the molecule is CCO[SiH3].C[N+](C)(C)C(F)(F)C(F)(F)C(F)(F)C(F)(F)C(F)(F)C(F)(F)C(F)(F)C(F)(F)C(F)(F)C(F)(F)F. The van der Waals surface area contributed by atoms with Gasteiger partial charge in [-0.3, -0.25) is 4.48 Å². The van der Waals surface area contributed by atoms with Gasteiger partial charge in [-0.2, -0.15) is 83.4 Å². The quantitative estimate of drug-likeness (QED) is 0.118. The molecule has 0 saturated heterocycles. The Labute approximate surface area is 207 Å². The maximum Gasteiger partial charge on any atom is 0.461 e. The first kappa shape index (κ1) is 39.8. The third kappa shape index (κ3) is 5.48. The summed E-state index contributed by atoms with van der Waals surface area (Å²) >= 11 is 0. The fourth-order valence-corrected chi connectivity index (χ4v) is 1.97. The lowest BCUT2D eigenvalue weighted by Crippen LogP contribution is -2.78. The number of hydrogen-bond acceptors (Lipinski definition) is 1. The standard InChI is InChI=1S/C13H9F21N.C2H8OSi/c1-35(2,3)13(33,34)11(28,29)9(24,25)7(20,21)5(16,17)4(14,15)6(18,19)8(22,23)10(26,27)12(30,31)32;1-2-3-4/h1-3H3;2H2,1,4H3/q+1;. The summed E-state index contributed by atoms with van der Waals surface area (Å²) in [6, 6.07) is -6.65. The summed E-state index contributed by atoms with van der Waals surface area (Å²) in [5, 5.41) is 0. The molecule has 0 aliphatic heterocycles. The molecule has 0 spiro atoms. The van der Waals surface area contributed by atoms with Crippen molar-refractivity contribution in [2.45, 2.75) is 66.5 Å². The van der Waals surface area contributed by atoms with Gasteiger partial charge < -0.3 is 4.43 Å². The Morgan fingerprint density at radius 1 is 0.436 bits per heavy atom. The molecule has 0 unspecified atom stereocenters. The van der Waals surface area contributed by atoms with Gasteiger partial charge in [0.15, 0.2) is 0 Å². The van der Waals surface area contributed by atoms with E-state index in [1.165, 1.54) is 0 Å². The Morgan fingerprint density at radius 3 is 0.769 bits per heavy atom. The van der Waals surface area contributed by atoms with Crippen molar-refractivity contribution in [2.75, 3.05) is 27.7 Å². The summed E-state index contributed by atoms with van der Waals surface area (Å²) in [6.07, 6.45) is -7.99. The molecule has 238 valence electrons. The normalized spacial score (nSPS) is 16.2. The highest BCUT2D eigenvalue weighted by atomic mass is 28.2. The van der Waals surface area contributed by atoms with Crippen LogP contribution in [0.3, 0.4) is 0 Å². The van der Waals surface area contributed by atoms with Crippen molar-refractivity contribution in [3.05, 3.63) is 0 Å². The molecule has 0 aliphatic rings. The van der Waals surface area contributed by atoms with Crippen LogP contribution in [0.15, 0.2) is 0 Å². The fourth-order valence-electron chi connectivity index (χ4n) is 1.97. The highest BCUT2D eigenvalue weighted by Crippen LogP contribution is 2.66. The maximum absolute atomic E-state index is 13.6. The van der Waals surface area contributed by atoms with E-state index in [0.717, 1.165) is 17.1 Å². The average Bonchev–Trinajstić information content (AvgIpc) is 2.70. The van der Waals surface area contributed by atoms with Gasteiger partial charge in [-0.05, 0) is 6.92 Å². The van der Waals surface area contributed by atoms with E-state index in [9.17, 15) is 92.2 Å². The molecule has 0 amide bonds. The summed E-state index contributed by atoms with van der Waals surface area (Å²) < 4.78 is 278. The van der Waals surface area contributed by atoms with Gasteiger partial charge in [-0.15, -0.1) is 8.78 Å². The molecule has 0 aromatic heterocycles. The molecule has 0 aromatic rings. The largest absolute Gasteiger partial charge is 0.461 e. The van der Waals surface area contributed by atoms with Gasteiger partial charge in [0.05, 0.1) is 21.1 Å². The minimum absolute atomic E-state index is 0.192. The minimum Gasteiger partial charge on any atom is -0.428 e. The Kier molecular flexibility index (Phi) is 10.7. The van der Waals surface area contributed by atoms with Crippen molar-refractivity contribution in [1.29, 1.82) is 0 Å². The summed E-state index contributed by atoms with van der Waals surface area (Å²) in [7, 11) is 0.315. The minimum atomic E-state index is -9.15. The number of quaternary nitrogens is 1. The van der Waals surface area contributed by atoms with Crippen LogP contribution in [0.2, 0.25) is 0 Å². The molecule has 0 saturated carbocycles. The Balaban J connectivity index is 0. The maximum atomic E-state index is 13.6. The van der Waals surface area contributed by atoms with E-state index in [-0.39, 0.29) is 21.1 Å². The highest BCUT2D eigenvalue weighted by Gasteiger charge is 2.98. The molecule has 0 atom stereocenters. The first-order valence-corrected chi connectivity index (χ1v) is 10.0. The lowest BCUT2D eigenvalue weighted by Gasteiger charge is -2.45. The van der Waals surface area contributed by atoms with Crippen molar-refractivity contribution >= 4 is 10.5 Å². The summed E-state index contributed by atoms with van der Waals surface area (Å²) in [4.78, 5) is 0. The third-order valence-corrected chi connectivity index (χ3v) is 5.20. The fraction of sp³-hybridized carbons (Fsp3) is 1.00. The molecule has 0 heterocycles. The lowest BCUT2D eigenvalue weighted by atomic mass is 9.87. The zero-order valence-electron chi connectivity index (χ0n) is 19.5. The van der Waals surface area contributed by atoms with Crippen LogP contribution in [-0.4, -0.2) is 102 Å². The molecular formula is C15H17F21NOSi+. The summed E-state index contributed by atoms with van der Waals surface area (Å²) in [6.45, 7) is 2.87. The molecule has 0 radical (unpaired) electrons. The first-order chi connectivity index (χ1) is 16.4. The molecule has 0 aliphatic carbocycles. The average molecular weight is 654 g/mol. The summed E-state index contributed by atoms with van der Waals surface area (Å²) in [5.41, 5.74) is 0. The summed E-state index contributed by atoms with van der Waals surface area (Å²) in [5.74, 6) is -70.0. The second-order valence-corrected chi connectivity index (χ2v) is 8.80. The molecule has 2 nitrogen and oxygen atoms in total. The molecular weight excluding hydrogens is 637 g/mol. The zero-order valence-corrected chi connectivity index (χ0v) is 21.5. The third-order valence-electron chi connectivity index (χ3n) is 4.63. The van der Waals surface area contributed by atoms with E-state index in [1.807, 2.05) is 6.92 Å². The van der Waals surface area contributed by atoms with Crippen LogP contribution < -0.4 is 0 Å². The van der Waals surface area contributed by atoms with Gasteiger partial charge >= 0.3 is 59.6 Å². The number of hydrogen-bond donors (Lipinski definition) is 0. The number of rotatable bonds is 10. The van der Waals surface area contributed by atoms with Gasteiger partial charge in [-0.1, -0.05) is 0 Å². The van der Waals surface area contributed by atoms with Crippen LogP contribution in [-0.2, 0) is 4.43 Å². The number of nitrogens with zero attached hydrogens (tertiary/aromatic N) is 1. The topological polar surface area (TPSA) is 9.23 Å². The lowest BCUT2D eigenvalue weighted by molar-refractivity contribution is -0.975. The van der Waals surface area contributed by atoms with Crippen LogP contribution in [0.5, 0.6) is 0 Å². The van der Waals surface area contributed by atoms with E-state index < -0.39 is 64.1 Å². The van der Waals surface area contributed by atoms with Crippen LogP contribution in [0.1, 0.15) is 6.92 Å². The molecule has 0 N–H and O–H groups in total. The number of alkyl halides is 21. The van der Waals surface area contributed by atoms with Crippen LogP contribution in [0, 0.1) is 0 Å².